The van der Waals surface area contributed by atoms with Crippen molar-refractivity contribution in [2.45, 2.75) is 333 Å². The molecule has 0 aromatic heterocycles. The molecule has 1 aliphatic rings. The van der Waals surface area contributed by atoms with E-state index in [1.54, 1.807) is 6.08 Å². The van der Waals surface area contributed by atoms with Crippen molar-refractivity contribution in [3.8, 4) is 0 Å². The highest BCUT2D eigenvalue weighted by Crippen LogP contribution is 2.26. The molecule has 0 saturated carbocycles. The zero-order chi connectivity index (χ0) is 63.1. The van der Waals surface area contributed by atoms with E-state index in [4.69, 9.17) is 14.2 Å². The first-order valence-corrected chi connectivity index (χ1v) is 35.3. The van der Waals surface area contributed by atoms with Gasteiger partial charge in [-0.1, -0.05) is 284 Å². The molecule has 498 valence electrons. The largest absolute Gasteiger partial charge is 0.454 e. The van der Waals surface area contributed by atoms with Crippen molar-refractivity contribution < 1.29 is 49.3 Å². The monoisotopic (exact) mass is 1220 g/mol. The number of carbonyl (C=O) groups excluding carboxylic acids is 2. The number of amides is 1. The molecule has 11 nitrogen and oxygen atoms in total. The van der Waals surface area contributed by atoms with Crippen molar-refractivity contribution in [1.29, 1.82) is 0 Å². The Kier molecular flexibility index (Phi) is 58.0. The Morgan fingerprint density at radius 3 is 1.26 bits per heavy atom. The van der Waals surface area contributed by atoms with Gasteiger partial charge in [-0.2, -0.15) is 0 Å². The summed E-state index contributed by atoms with van der Waals surface area (Å²) in [6.45, 7) is 5.64. The molecule has 1 rings (SSSR count). The van der Waals surface area contributed by atoms with Crippen molar-refractivity contribution in [2.75, 3.05) is 13.2 Å². The van der Waals surface area contributed by atoms with Crippen LogP contribution in [-0.4, -0.2) is 99.6 Å². The number of hydrogen-bond acceptors (Lipinski definition) is 10. The summed E-state index contributed by atoms with van der Waals surface area (Å²) in [7, 11) is 0. The Balaban J connectivity index is 2.63. The van der Waals surface area contributed by atoms with E-state index in [2.05, 4.69) is 129 Å². The Morgan fingerprint density at radius 1 is 0.460 bits per heavy atom. The summed E-state index contributed by atoms with van der Waals surface area (Å²) in [5.41, 5.74) is 0. The number of allylic oxidation sites excluding steroid dienone is 19. The van der Waals surface area contributed by atoms with E-state index in [9.17, 15) is 35.1 Å². The van der Waals surface area contributed by atoms with Crippen LogP contribution in [0.25, 0.3) is 0 Å². The minimum Gasteiger partial charge on any atom is -0.454 e. The fourth-order valence-corrected chi connectivity index (χ4v) is 10.3. The quantitative estimate of drug-likeness (QED) is 0.0195. The van der Waals surface area contributed by atoms with Gasteiger partial charge in [-0.25, -0.2) is 0 Å². The van der Waals surface area contributed by atoms with Crippen LogP contribution in [0.1, 0.15) is 284 Å². The third-order valence-corrected chi connectivity index (χ3v) is 15.8. The molecule has 1 saturated heterocycles. The van der Waals surface area contributed by atoms with Gasteiger partial charge in [-0.3, -0.25) is 9.59 Å². The molecule has 11 heteroatoms. The van der Waals surface area contributed by atoms with Gasteiger partial charge in [-0.05, 0) is 116 Å². The van der Waals surface area contributed by atoms with Crippen molar-refractivity contribution in [2.24, 2.45) is 0 Å². The lowest BCUT2D eigenvalue weighted by Crippen LogP contribution is -2.61. The number of ether oxygens (including phenoxy) is 3. The first-order valence-electron chi connectivity index (χ1n) is 35.3. The maximum atomic E-state index is 13.5. The van der Waals surface area contributed by atoms with Crippen LogP contribution in [-0.2, 0) is 23.8 Å². The molecule has 0 bridgehead atoms. The summed E-state index contributed by atoms with van der Waals surface area (Å²) >= 11 is 0. The van der Waals surface area contributed by atoms with Crippen molar-refractivity contribution in [3.05, 3.63) is 122 Å². The molecule has 6 N–H and O–H groups in total. The third kappa shape index (κ3) is 49.5. The molecular weight excluding hydrogens is 1090 g/mol. The highest BCUT2D eigenvalue weighted by atomic mass is 16.7. The van der Waals surface area contributed by atoms with E-state index >= 15 is 0 Å². The van der Waals surface area contributed by atoms with E-state index < -0.39 is 67.4 Å². The summed E-state index contributed by atoms with van der Waals surface area (Å²) in [5, 5.41) is 57.2. The van der Waals surface area contributed by atoms with E-state index in [-0.39, 0.29) is 19.4 Å². The molecule has 1 fully saturated rings. The van der Waals surface area contributed by atoms with Crippen LogP contribution in [0, 0.1) is 0 Å². The van der Waals surface area contributed by atoms with Crippen LogP contribution in [0.5, 0.6) is 0 Å². The van der Waals surface area contributed by atoms with Crippen molar-refractivity contribution in [3.63, 3.8) is 0 Å². The smallest absolute Gasteiger partial charge is 0.306 e. The molecule has 0 aromatic carbocycles. The first-order chi connectivity index (χ1) is 42.7. The maximum absolute atomic E-state index is 13.5. The van der Waals surface area contributed by atoms with Gasteiger partial charge < -0.3 is 45.1 Å². The minimum absolute atomic E-state index is 0.110. The van der Waals surface area contributed by atoms with E-state index in [1.165, 1.54) is 128 Å². The molecule has 0 aliphatic carbocycles. The highest BCUT2D eigenvalue weighted by Gasteiger charge is 2.47. The van der Waals surface area contributed by atoms with Crippen LogP contribution in [0.3, 0.4) is 0 Å². The lowest BCUT2D eigenvalue weighted by atomic mass is 9.99. The number of unbranched alkanes of at least 4 members (excludes halogenated alkanes) is 27. The van der Waals surface area contributed by atoms with Gasteiger partial charge in [-0.15, -0.1) is 0 Å². The highest BCUT2D eigenvalue weighted by molar-refractivity contribution is 5.80. The second-order valence-electron chi connectivity index (χ2n) is 23.9. The number of rotatable bonds is 59. The topological polar surface area (TPSA) is 175 Å². The van der Waals surface area contributed by atoms with Gasteiger partial charge in [0.2, 0.25) is 5.91 Å². The van der Waals surface area contributed by atoms with Gasteiger partial charge in [0.25, 0.3) is 0 Å². The summed E-state index contributed by atoms with van der Waals surface area (Å²) in [5.74, 6) is -1.25. The molecule has 1 aliphatic heterocycles. The molecule has 8 unspecified atom stereocenters. The summed E-state index contributed by atoms with van der Waals surface area (Å²) in [4.78, 5) is 26.7. The number of esters is 1. The zero-order valence-corrected chi connectivity index (χ0v) is 55.3. The van der Waals surface area contributed by atoms with Gasteiger partial charge in [0, 0.05) is 6.42 Å². The SMILES string of the molecule is CC/C=C\C/C=C\C/C=C\C/C=C\C/C=C\C/C=C\CCCC(O)C(=O)NC(COC1OC(CO)C(O)C(O)C1OC(=O)CCCCCCCCCCCCCC/C=C\C/C=C\C/C=C\CCCCC)C(O)/C=C/CCCCCCCCCCCCC. The van der Waals surface area contributed by atoms with Crippen LogP contribution < -0.4 is 5.32 Å². The van der Waals surface area contributed by atoms with Gasteiger partial charge >= 0.3 is 5.97 Å². The number of aliphatic hydroxyl groups is 5. The van der Waals surface area contributed by atoms with Crippen LogP contribution in [0.15, 0.2) is 122 Å². The Morgan fingerprint density at radius 2 is 0.828 bits per heavy atom. The van der Waals surface area contributed by atoms with Gasteiger partial charge in [0.15, 0.2) is 12.4 Å². The molecule has 8 atom stereocenters. The van der Waals surface area contributed by atoms with Gasteiger partial charge in [0.05, 0.1) is 25.4 Å². The van der Waals surface area contributed by atoms with Gasteiger partial charge in [0.1, 0.15) is 24.4 Å². The molecule has 87 heavy (non-hydrogen) atoms. The molecule has 0 spiro atoms. The second kappa shape index (κ2) is 62.3. The first kappa shape index (κ1) is 81.1. The third-order valence-electron chi connectivity index (χ3n) is 15.8. The lowest BCUT2D eigenvalue weighted by molar-refractivity contribution is -0.305. The molecule has 1 amide bonds. The molecule has 0 aromatic rings. The van der Waals surface area contributed by atoms with E-state index in [0.29, 0.717) is 19.3 Å². The Labute approximate surface area is 531 Å². The molecular formula is C76H129NO10. The fraction of sp³-hybridized carbons (Fsp3) is 0.711. The lowest BCUT2D eigenvalue weighted by Gasteiger charge is -2.41. The van der Waals surface area contributed by atoms with Crippen LogP contribution in [0.2, 0.25) is 0 Å². The Bertz CT molecular complexity index is 1880. The minimum atomic E-state index is -1.63. The number of hydrogen-bond donors (Lipinski definition) is 6. The zero-order valence-electron chi connectivity index (χ0n) is 55.3. The standard InChI is InChI=1S/C76H129NO10/c1-4-7-10-13-16-19-22-25-27-29-31-33-34-35-36-37-39-41-43-46-49-52-55-58-61-64-71(81)87-74-73(83)72(82)70(65-78)86-76(74)85-66-67(68(79)62-59-56-53-50-47-44-24-21-18-15-12-9-6-3)77-75(84)69(80)63-60-57-54-51-48-45-42-40-38-32-30-28-26-23-20-17-14-11-8-5-2/h8,11,16-17,19-20,25-28,31-33,38,42,45,51,54,59,62,67-70,72-74,76,78-80,82-83H,4-7,9-10,12-15,18,21-24,29-30,34-37,39-41,43-44,46-50,52-53,55-58,60-61,63-66H2,1-3H3,(H,77,84)/b11-8-,19-16-,20-17-,27-25-,28-26-,33-31-,38-32-,45-42-,54-51-,62-59+. The van der Waals surface area contributed by atoms with Crippen LogP contribution in [0.4, 0.5) is 0 Å². The maximum Gasteiger partial charge on any atom is 0.306 e. The average molecular weight is 1220 g/mol. The molecule has 1 heterocycles. The Hall–Kier alpha value is -3.94. The number of aliphatic hydroxyl groups excluding tert-OH is 5. The summed E-state index contributed by atoms with van der Waals surface area (Å²) in [6.07, 6.45) is 76.6. The van der Waals surface area contributed by atoms with E-state index in [0.717, 1.165) is 103 Å². The molecule has 0 radical (unpaired) electrons. The van der Waals surface area contributed by atoms with Crippen molar-refractivity contribution in [1.82, 2.24) is 5.32 Å². The fourth-order valence-electron chi connectivity index (χ4n) is 10.3. The summed E-state index contributed by atoms with van der Waals surface area (Å²) in [6, 6.07) is -1.06. The average Bonchev–Trinajstić information content (AvgIpc) is 1.52. The van der Waals surface area contributed by atoms with Crippen molar-refractivity contribution >= 4 is 11.9 Å². The van der Waals surface area contributed by atoms with E-state index in [1.807, 2.05) is 12.2 Å². The predicted molar refractivity (Wildman–Crippen MR) is 365 cm³/mol. The summed E-state index contributed by atoms with van der Waals surface area (Å²) < 4.78 is 17.7. The predicted octanol–water partition coefficient (Wildman–Crippen LogP) is 18.2. The number of nitrogens with one attached hydrogen (secondary N) is 1. The second-order valence-corrected chi connectivity index (χ2v) is 23.9. The normalized spacial score (nSPS) is 19.0. The van der Waals surface area contributed by atoms with Crippen LogP contribution >= 0.6 is 0 Å². The number of carbonyl (C=O) groups is 2.